The van der Waals surface area contributed by atoms with Crippen molar-refractivity contribution in [3.05, 3.63) is 42.7 Å². The Bertz CT molecular complexity index is 1250. The van der Waals surface area contributed by atoms with Crippen molar-refractivity contribution in [1.29, 1.82) is 0 Å². The molecule has 4 rings (SSSR count). The van der Waals surface area contributed by atoms with E-state index >= 15 is 0 Å². The van der Waals surface area contributed by atoms with Crippen LogP contribution in [0.2, 0.25) is 0 Å². The van der Waals surface area contributed by atoms with Gasteiger partial charge in [0, 0.05) is 38.2 Å². The Kier molecular flexibility index (Phi) is 4.84. The zero-order chi connectivity index (χ0) is 21.3. The second-order valence-electron chi connectivity index (χ2n) is 6.35. The van der Waals surface area contributed by atoms with Crippen LogP contribution in [-0.4, -0.2) is 49.6 Å². The van der Waals surface area contributed by atoms with Gasteiger partial charge in [-0.25, -0.2) is 19.9 Å². The summed E-state index contributed by atoms with van der Waals surface area (Å²) in [5.41, 5.74) is 8.75. The molecular weight excluding hydrogens is 386 g/mol. The first-order valence-electron chi connectivity index (χ1n) is 8.94. The fourth-order valence-corrected chi connectivity index (χ4v) is 3.01. The van der Waals surface area contributed by atoms with Gasteiger partial charge in [0.15, 0.2) is 17.3 Å². The molecule has 152 valence electrons. The molecule has 0 unspecified atom stereocenters. The molecule has 4 heterocycles. The molecule has 11 nitrogen and oxygen atoms in total. The third-order valence-corrected chi connectivity index (χ3v) is 4.47. The third kappa shape index (κ3) is 3.32. The molecule has 30 heavy (non-hydrogen) atoms. The van der Waals surface area contributed by atoms with Gasteiger partial charge in [-0.15, -0.1) is 0 Å². The van der Waals surface area contributed by atoms with Crippen LogP contribution < -0.4 is 21.1 Å². The van der Waals surface area contributed by atoms with E-state index in [1.165, 1.54) is 7.11 Å². The molecule has 0 aliphatic heterocycles. The van der Waals surface area contributed by atoms with Crippen LogP contribution in [0.4, 0.5) is 17.3 Å². The second-order valence-corrected chi connectivity index (χ2v) is 6.35. The zero-order valence-electron chi connectivity index (χ0n) is 16.5. The number of primary amides is 1. The molecule has 4 aromatic heterocycles. The molecule has 0 saturated carbocycles. The smallest absolute Gasteiger partial charge is 0.271 e. The number of nitrogens with one attached hydrogen (secondary N) is 2. The molecule has 0 aliphatic rings. The topological polar surface area (TPSA) is 146 Å². The molecule has 0 radical (unpaired) electrons. The number of imidazole rings is 1. The van der Waals surface area contributed by atoms with Crippen LogP contribution in [0.15, 0.2) is 37.1 Å². The highest BCUT2D eigenvalue weighted by Gasteiger charge is 2.21. The van der Waals surface area contributed by atoms with Gasteiger partial charge in [-0.05, 0) is 6.07 Å². The van der Waals surface area contributed by atoms with E-state index in [0.717, 1.165) is 5.52 Å². The van der Waals surface area contributed by atoms with E-state index in [-0.39, 0.29) is 11.5 Å². The third-order valence-electron chi connectivity index (χ3n) is 4.47. The first kappa shape index (κ1) is 19.1. The molecule has 4 aromatic rings. The first-order chi connectivity index (χ1) is 14.5. The van der Waals surface area contributed by atoms with Crippen molar-refractivity contribution >= 4 is 34.3 Å². The van der Waals surface area contributed by atoms with Crippen LogP contribution in [-0.2, 0) is 7.05 Å². The summed E-state index contributed by atoms with van der Waals surface area (Å²) in [5.74, 6) is 0.316. The predicted molar refractivity (Wildman–Crippen MR) is 112 cm³/mol. The Morgan fingerprint density at radius 3 is 2.77 bits per heavy atom. The number of methoxy groups -OCH3 is 1. The number of nitrogens with zero attached hydrogens (tertiary/aromatic N) is 6. The lowest BCUT2D eigenvalue weighted by atomic mass is 10.1. The molecule has 0 atom stereocenters. The van der Waals surface area contributed by atoms with Crippen molar-refractivity contribution in [2.45, 2.75) is 0 Å². The summed E-state index contributed by atoms with van der Waals surface area (Å²) in [5, 5.41) is 6.07. The van der Waals surface area contributed by atoms with Gasteiger partial charge in [-0.3, -0.25) is 9.78 Å². The fourth-order valence-electron chi connectivity index (χ4n) is 3.01. The van der Waals surface area contributed by atoms with Crippen molar-refractivity contribution in [3.63, 3.8) is 0 Å². The van der Waals surface area contributed by atoms with Gasteiger partial charge in [0.25, 0.3) is 5.91 Å². The number of anilines is 3. The first-order valence-corrected chi connectivity index (χ1v) is 8.94. The number of hydrogen-bond donors (Lipinski definition) is 3. The molecule has 0 aliphatic carbocycles. The molecule has 0 aromatic carbocycles. The highest BCUT2D eigenvalue weighted by Crippen LogP contribution is 2.32. The van der Waals surface area contributed by atoms with Gasteiger partial charge >= 0.3 is 0 Å². The number of carbonyl (C=O) groups is 1. The lowest BCUT2D eigenvalue weighted by Crippen LogP contribution is -2.18. The number of ether oxygens (including phenoxy) is 1. The number of aryl methyl sites for hydroxylation is 1. The standard InChI is InChI=1S/C19H19N9O2/c1-21-18-15(11-7-22-8-12-14(11)24-9-28(12)2)26-16(17(20)29)19(27-18)25-10-4-5-23-13(6-10)30-3/h4-9H,1-3H3,(H2,20,29)(H2,21,23,25,27). The largest absolute Gasteiger partial charge is 0.481 e. The van der Waals surface area contributed by atoms with Gasteiger partial charge in [0.05, 0.1) is 30.7 Å². The number of pyridine rings is 2. The van der Waals surface area contributed by atoms with Crippen molar-refractivity contribution in [3.8, 4) is 17.1 Å². The minimum atomic E-state index is -0.726. The van der Waals surface area contributed by atoms with Crippen LogP contribution >= 0.6 is 0 Å². The van der Waals surface area contributed by atoms with Crippen molar-refractivity contribution in [2.75, 3.05) is 24.8 Å². The average Bonchev–Trinajstić information content (AvgIpc) is 3.14. The fraction of sp³-hybridized carbons (Fsp3) is 0.158. The van der Waals surface area contributed by atoms with Crippen molar-refractivity contribution < 1.29 is 9.53 Å². The van der Waals surface area contributed by atoms with E-state index in [2.05, 4.69) is 35.6 Å². The van der Waals surface area contributed by atoms with Gasteiger partial charge in [0.1, 0.15) is 11.2 Å². The van der Waals surface area contributed by atoms with Crippen molar-refractivity contribution in [1.82, 2.24) is 29.5 Å². The monoisotopic (exact) mass is 405 g/mol. The Morgan fingerprint density at radius 1 is 1.20 bits per heavy atom. The summed E-state index contributed by atoms with van der Waals surface area (Å²) in [6, 6.07) is 3.37. The summed E-state index contributed by atoms with van der Waals surface area (Å²) in [6.45, 7) is 0. The lowest BCUT2D eigenvalue weighted by Gasteiger charge is -2.14. The molecule has 0 spiro atoms. The van der Waals surface area contributed by atoms with E-state index in [4.69, 9.17) is 10.5 Å². The van der Waals surface area contributed by atoms with E-state index < -0.39 is 5.91 Å². The molecule has 1 amide bonds. The SMILES string of the molecule is CNc1nc(Nc2ccnc(OC)c2)c(C(N)=O)nc1-c1cncc2c1ncn2C. The van der Waals surface area contributed by atoms with Crippen LogP contribution in [0.3, 0.4) is 0 Å². The number of amides is 1. The Balaban J connectivity index is 1.87. The van der Waals surface area contributed by atoms with Crippen molar-refractivity contribution in [2.24, 2.45) is 12.8 Å². The normalized spacial score (nSPS) is 10.8. The van der Waals surface area contributed by atoms with Crippen LogP contribution in [0.25, 0.3) is 22.3 Å². The maximum Gasteiger partial charge on any atom is 0.271 e. The minimum Gasteiger partial charge on any atom is -0.481 e. The number of aromatic nitrogens is 6. The molecule has 4 N–H and O–H groups in total. The average molecular weight is 405 g/mol. The van der Waals surface area contributed by atoms with Crippen LogP contribution in [0, 0.1) is 0 Å². The zero-order valence-corrected chi connectivity index (χ0v) is 16.5. The summed E-state index contributed by atoms with van der Waals surface area (Å²) < 4.78 is 6.98. The molecule has 11 heteroatoms. The highest BCUT2D eigenvalue weighted by molar-refractivity contribution is 5.99. The summed E-state index contributed by atoms with van der Waals surface area (Å²) in [4.78, 5) is 34.0. The number of carbonyl (C=O) groups excluding carboxylic acids is 1. The maximum atomic E-state index is 12.2. The van der Waals surface area contributed by atoms with Gasteiger partial charge in [-0.2, -0.15) is 0 Å². The number of nitrogens with two attached hydrogens (primary N) is 1. The van der Waals surface area contributed by atoms with E-state index in [1.54, 1.807) is 44.1 Å². The van der Waals surface area contributed by atoms with Gasteiger partial charge < -0.3 is 25.7 Å². The number of hydrogen-bond acceptors (Lipinski definition) is 9. The van der Waals surface area contributed by atoms with Gasteiger partial charge in [-0.1, -0.05) is 0 Å². The van der Waals surface area contributed by atoms with E-state index in [0.29, 0.717) is 34.2 Å². The van der Waals surface area contributed by atoms with E-state index in [1.807, 2.05) is 11.6 Å². The molecule has 0 saturated heterocycles. The quantitative estimate of drug-likeness (QED) is 0.436. The summed E-state index contributed by atoms with van der Waals surface area (Å²) >= 11 is 0. The Morgan fingerprint density at radius 2 is 2.03 bits per heavy atom. The molecular formula is C19H19N9O2. The van der Waals surface area contributed by atoms with E-state index in [9.17, 15) is 4.79 Å². The molecule has 0 fully saturated rings. The Labute approximate surface area is 171 Å². The highest BCUT2D eigenvalue weighted by atomic mass is 16.5. The Hall–Kier alpha value is -4.28. The summed E-state index contributed by atoms with van der Waals surface area (Å²) in [6.07, 6.45) is 6.59. The summed E-state index contributed by atoms with van der Waals surface area (Å²) in [7, 11) is 5.10. The van der Waals surface area contributed by atoms with Crippen LogP contribution in [0.1, 0.15) is 10.5 Å². The predicted octanol–water partition coefficient (Wildman–Crippen LogP) is 1.71. The minimum absolute atomic E-state index is 0.0206. The van der Waals surface area contributed by atoms with Crippen LogP contribution in [0.5, 0.6) is 5.88 Å². The molecule has 0 bridgehead atoms. The lowest BCUT2D eigenvalue weighted by molar-refractivity contribution is 0.0996. The van der Waals surface area contributed by atoms with Gasteiger partial charge in [0.2, 0.25) is 5.88 Å². The maximum absolute atomic E-state index is 12.2. The second kappa shape index (κ2) is 7.62. The number of fused-ring (bicyclic) bond motifs is 1. The number of rotatable bonds is 6.